The standard InChI is InChI=1S/C27H19F3N2O2/c28-27(29,30)34-24-12-5-4-9-19(24)16-32-22-11-6-10-21(26(31)33)25(22)20-14-13-18(15-23(20)32)17-7-2-1-3-8-17/h1-15H,16H2,(H2,31,33). The van der Waals surface area contributed by atoms with Crippen LogP contribution in [0.4, 0.5) is 13.2 Å². The first-order valence-electron chi connectivity index (χ1n) is 10.6. The minimum atomic E-state index is -4.81. The van der Waals surface area contributed by atoms with E-state index in [0.29, 0.717) is 22.0 Å². The normalized spacial score (nSPS) is 11.7. The van der Waals surface area contributed by atoms with E-state index >= 15 is 0 Å². The summed E-state index contributed by atoms with van der Waals surface area (Å²) in [6.07, 6.45) is -4.81. The second-order valence-electron chi connectivity index (χ2n) is 7.90. The number of hydrogen-bond acceptors (Lipinski definition) is 2. The Balaban J connectivity index is 1.76. The zero-order valence-electron chi connectivity index (χ0n) is 17.8. The van der Waals surface area contributed by atoms with Crippen LogP contribution in [0.3, 0.4) is 0 Å². The molecule has 5 rings (SSSR count). The Bertz CT molecular complexity index is 1520. The predicted molar refractivity (Wildman–Crippen MR) is 126 cm³/mol. The minimum absolute atomic E-state index is 0.104. The molecular weight excluding hydrogens is 441 g/mol. The van der Waals surface area contributed by atoms with E-state index in [1.54, 1.807) is 24.3 Å². The fourth-order valence-corrected chi connectivity index (χ4v) is 4.36. The van der Waals surface area contributed by atoms with Gasteiger partial charge in [-0.15, -0.1) is 13.2 Å². The average Bonchev–Trinajstić information content (AvgIpc) is 3.13. The molecule has 0 aliphatic heterocycles. The quantitative estimate of drug-likeness (QED) is 0.325. The van der Waals surface area contributed by atoms with Gasteiger partial charge in [0.05, 0.1) is 17.6 Å². The number of alkyl halides is 3. The van der Waals surface area contributed by atoms with Crippen molar-refractivity contribution in [2.45, 2.75) is 12.9 Å². The van der Waals surface area contributed by atoms with Crippen LogP contribution in [-0.2, 0) is 6.54 Å². The molecule has 1 amide bonds. The van der Waals surface area contributed by atoms with E-state index < -0.39 is 12.3 Å². The van der Waals surface area contributed by atoms with Crippen molar-refractivity contribution in [1.82, 2.24) is 4.57 Å². The number of halogens is 3. The van der Waals surface area contributed by atoms with E-state index in [1.165, 1.54) is 12.1 Å². The van der Waals surface area contributed by atoms with Crippen molar-refractivity contribution in [3.05, 3.63) is 102 Å². The lowest BCUT2D eigenvalue weighted by Gasteiger charge is -2.15. The van der Waals surface area contributed by atoms with E-state index in [0.717, 1.165) is 22.0 Å². The number of hydrogen-bond donors (Lipinski definition) is 1. The van der Waals surface area contributed by atoms with Crippen LogP contribution in [0.15, 0.2) is 91.0 Å². The molecule has 0 unspecified atom stereocenters. The molecule has 7 heteroatoms. The molecule has 0 spiro atoms. The molecule has 2 N–H and O–H groups in total. The predicted octanol–water partition coefficient (Wildman–Crippen LogP) is 6.51. The Morgan fingerprint density at radius 1 is 0.824 bits per heavy atom. The number of nitrogens with zero attached hydrogens (tertiary/aromatic N) is 1. The number of carbonyl (C=O) groups is 1. The molecule has 0 fully saturated rings. The number of aromatic nitrogens is 1. The first-order valence-corrected chi connectivity index (χ1v) is 10.6. The molecule has 1 heterocycles. The van der Waals surface area contributed by atoms with Gasteiger partial charge < -0.3 is 15.0 Å². The molecule has 170 valence electrons. The van der Waals surface area contributed by atoms with Crippen LogP contribution in [0.2, 0.25) is 0 Å². The molecule has 0 saturated carbocycles. The van der Waals surface area contributed by atoms with Crippen molar-refractivity contribution < 1.29 is 22.7 Å². The van der Waals surface area contributed by atoms with Crippen molar-refractivity contribution in [3.8, 4) is 16.9 Å². The zero-order chi connectivity index (χ0) is 23.9. The molecule has 0 radical (unpaired) electrons. The highest BCUT2D eigenvalue weighted by molar-refractivity contribution is 6.18. The Labute approximate surface area is 193 Å². The summed E-state index contributed by atoms with van der Waals surface area (Å²) in [5.74, 6) is -0.840. The summed E-state index contributed by atoms with van der Waals surface area (Å²) in [5, 5.41) is 1.46. The Morgan fingerprint density at radius 2 is 1.56 bits per heavy atom. The summed E-state index contributed by atoms with van der Waals surface area (Å²) in [7, 11) is 0. The molecule has 0 atom stereocenters. The van der Waals surface area contributed by atoms with Gasteiger partial charge in [-0.1, -0.05) is 66.7 Å². The van der Waals surface area contributed by atoms with E-state index in [-0.39, 0.29) is 12.3 Å². The number of nitrogens with two attached hydrogens (primary N) is 1. The highest BCUT2D eigenvalue weighted by atomic mass is 19.4. The van der Waals surface area contributed by atoms with Crippen LogP contribution in [0.1, 0.15) is 15.9 Å². The van der Waals surface area contributed by atoms with E-state index in [4.69, 9.17) is 5.73 Å². The Kier molecular flexibility index (Phi) is 5.24. The fourth-order valence-electron chi connectivity index (χ4n) is 4.36. The van der Waals surface area contributed by atoms with Gasteiger partial charge in [0.1, 0.15) is 5.75 Å². The molecule has 0 bridgehead atoms. The second kappa shape index (κ2) is 8.26. The summed E-state index contributed by atoms with van der Waals surface area (Å²) >= 11 is 0. The van der Waals surface area contributed by atoms with Gasteiger partial charge in [0, 0.05) is 21.9 Å². The third-order valence-electron chi connectivity index (χ3n) is 5.79. The maximum Gasteiger partial charge on any atom is 0.573 e. The molecule has 4 aromatic carbocycles. The summed E-state index contributed by atoms with van der Waals surface area (Å²) in [5.41, 5.74) is 9.77. The lowest BCUT2D eigenvalue weighted by atomic mass is 10.0. The number of ether oxygens (including phenoxy) is 1. The average molecular weight is 460 g/mol. The fraction of sp³-hybridized carbons (Fsp3) is 0.0741. The number of amides is 1. The van der Waals surface area contributed by atoms with Crippen LogP contribution in [-0.4, -0.2) is 16.8 Å². The number of primary amides is 1. The van der Waals surface area contributed by atoms with Crippen molar-refractivity contribution >= 4 is 27.7 Å². The van der Waals surface area contributed by atoms with Crippen molar-refractivity contribution in [3.63, 3.8) is 0 Å². The Morgan fingerprint density at radius 3 is 2.29 bits per heavy atom. The molecule has 4 nitrogen and oxygen atoms in total. The molecule has 5 aromatic rings. The summed E-state index contributed by atoms with van der Waals surface area (Å²) in [6, 6.07) is 26.9. The van der Waals surface area contributed by atoms with Gasteiger partial charge in [-0.3, -0.25) is 4.79 Å². The molecule has 0 aliphatic rings. The molecular formula is C27H19F3N2O2. The van der Waals surface area contributed by atoms with Crippen LogP contribution < -0.4 is 10.5 Å². The topological polar surface area (TPSA) is 57.2 Å². The molecule has 34 heavy (non-hydrogen) atoms. The summed E-state index contributed by atoms with van der Waals surface area (Å²) in [6.45, 7) is 0.104. The van der Waals surface area contributed by atoms with Crippen LogP contribution >= 0.6 is 0 Å². The van der Waals surface area contributed by atoms with Gasteiger partial charge in [-0.05, 0) is 35.4 Å². The van der Waals surface area contributed by atoms with Crippen molar-refractivity contribution in [2.24, 2.45) is 5.73 Å². The maximum atomic E-state index is 13.0. The lowest BCUT2D eigenvalue weighted by molar-refractivity contribution is -0.274. The monoisotopic (exact) mass is 460 g/mol. The SMILES string of the molecule is NC(=O)c1cccc2c1c1ccc(-c3ccccc3)cc1n2Cc1ccccc1OC(F)(F)F. The summed E-state index contributed by atoms with van der Waals surface area (Å²) < 4.78 is 45.2. The van der Waals surface area contributed by atoms with Gasteiger partial charge in [-0.2, -0.15) is 0 Å². The highest BCUT2D eigenvalue weighted by Crippen LogP contribution is 2.36. The number of benzene rings is 4. The third-order valence-corrected chi connectivity index (χ3v) is 5.79. The summed E-state index contributed by atoms with van der Waals surface area (Å²) in [4.78, 5) is 12.2. The van der Waals surface area contributed by atoms with E-state index in [2.05, 4.69) is 4.74 Å². The number of para-hydroxylation sites is 1. The second-order valence-corrected chi connectivity index (χ2v) is 7.90. The van der Waals surface area contributed by atoms with Crippen molar-refractivity contribution in [1.29, 1.82) is 0 Å². The van der Waals surface area contributed by atoms with Crippen LogP contribution in [0.5, 0.6) is 5.75 Å². The van der Waals surface area contributed by atoms with Gasteiger partial charge in [-0.25, -0.2) is 0 Å². The molecule has 0 saturated heterocycles. The minimum Gasteiger partial charge on any atom is -0.405 e. The third kappa shape index (κ3) is 3.96. The number of rotatable bonds is 5. The lowest BCUT2D eigenvalue weighted by Crippen LogP contribution is -2.18. The Hall–Kier alpha value is -4.26. The van der Waals surface area contributed by atoms with E-state index in [9.17, 15) is 18.0 Å². The number of carbonyl (C=O) groups excluding carboxylic acids is 1. The first kappa shape index (κ1) is 21.6. The first-order chi connectivity index (χ1) is 16.3. The van der Waals surface area contributed by atoms with Gasteiger partial charge in [0.15, 0.2) is 0 Å². The maximum absolute atomic E-state index is 13.0. The van der Waals surface area contributed by atoms with Gasteiger partial charge in [0.25, 0.3) is 0 Å². The highest BCUT2D eigenvalue weighted by Gasteiger charge is 2.32. The van der Waals surface area contributed by atoms with Crippen LogP contribution in [0.25, 0.3) is 32.9 Å². The van der Waals surface area contributed by atoms with E-state index in [1.807, 2.05) is 59.2 Å². The van der Waals surface area contributed by atoms with Gasteiger partial charge in [0.2, 0.25) is 5.91 Å². The van der Waals surface area contributed by atoms with Crippen LogP contribution in [0, 0.1) is 0 Å². The largest absolute Gasteiger partial charge is 0.573 e. The van der Waals surface area contributed by atoms with Gasteiger partial charge >= 0.3 is 6.36 Å². The molecule has 0 aliphatic carbocycles. The molecule has 1 aromatic heterocycles. The zero-order valence-corrected chi connectivity index (χ0v) is 17.8. The smallest absolute Gasteiger partial charge is 0.405 e. The number of fused-ring (bicyclic) bond motifs is 3. The van der Waals surface area contributed by atoms with Crippen molar-refractivity contribution in [2.75, 3.05) is 0 Å².